The minimum Gasteiger partial charge on any atom is -0.388 e. The fourth-order valence-electron chi connectivity index (χ4n) is 2.80. The van der Waals surface area contributed by atoms with E-state index >= 15 is 0 Å². The predicted molar refractivity (Wildman–Crippen MR) is 95.1 cm³/mol. The lowest BCUT2D eigenvalue weighted by atomic mass is 9.96. The van der Waals surface area contributed by atoms with Crippen LogP contribution in [0.25, 0.3) is 0 Å². The summed E-state index contributed by atoms with van der Waals surface area (Å²) in [6.45, 7) is 1.10. The zero-order chi connectivity index (χ0) is 20.0. The van der Waals surface area contributed by atoms with Gasteiger partial charge in [-0.2, -0.15) is 8.42 Å². The summed E-state index contributed by atoms with van der Waals surface area (Å²) >= 11 is 0. The SMILES string of the molecule is CO[C@@H]1O[C@H](COS(C)(=O)=O)[C@@H](O)[C@H](OCc2ccccc2)[C@H]1NC(C)=O. The molecule has 0 saturated carbocycles. The van der Waals surface area contributed by atoms with Gasteiger partial charge in [-0.25, -0.2) is 0 Å². The molecule has 1 heterocycles. The van der Waals surface area contributed by atoms with Gasteiger partial charge in [0.05, 0.1) is 19.5 Å². The van der Waals surface area contributed by atoms with E-state index in [-0.39, 0.29) is 12.5 Å². The number of methoxy groups -OCH3 is 1. The normalized spacial score (nSPS) is 28.7. The van der Waals surface area contributed by atoms with Crippen LogP contribution in [0.1, 0.15) is 12.5 Å². The highest BCUT2D eigenvalue weighted by molar-refractivity contribution is 7.85. The Kier molecular flexibility index (Phi) is 7.71. The van der Waals surface area contributed by atoms with Crippen molar-refractivity contribution in [3.8, 4) is 0 Å². The molecule has 1 aliphatic rings. The Morgan fingerprint density at radius 2 is 1.96 bits per heavy atom. The van der Waals surface area contributed by atoms with Crippen LogP contribution in [0.3, 0.4) is 0 Å². The van der Waals surface area contributed by atoms with Crippen molar-refractivity contribution < 1.29 is 36.7 Å². The first-order valence-electron chi connectivity index (χ1n) is 8.34. The highest BCUT2D eigenvalue weighted by Crippen LogP contribution is 2.26. The largest absolute Gasteiger partial charge is 0.388 e. The van der Waals surface area contributed by atoms with E-state index in [1.807, 2.05) is 30.3 Å². The zero-order valence-electron chi connectivity index (χ0n) is 15.4. The standard InChI is InChI=1S/C17H25NO8S/c1-11(19)18-14-16(24-9-12-7-5-4-6-8-12)15(20)13(26-17(14)23-2)10-25-27(3,21)22/h4-8,13-17,20H,9-10H2,1-3H3,(H,18,19)/t13-,14-,15-,16-,17-/m1/s1. The highest BCUT2D eigenvalue weighted by Gasteiger charge is 2.47. The molecule has 1 aromatic carbocycles. The summed E-state index contributed by atoms with van der Waals surface area (Å²) in [6, 6.07) is 8.50. The predicted octanol–water partition coefficient (Wildman–Crippen LogP) is -0.215. The summed E-state index contributed by atoms with van der Waals surface area (Å²) in [5, 5.41) is 13.3. The number of carbonyl (C=O) groups excluding carboxylic acids is 1. The number of nitrogens with one attached hydrogen (secondary N) is 1. The van der Waals surface area contributed by atoms with Gasteiger partial charge >= 0.3 is 0 Å². The van der Waals surface area contributed by atoms with E-state index in [1.165, 1.54) is 14.0 Å². The molecule has 0 bridgehead atoms. The van der Waals surface area contributed by atoms with Crippen LogP contribution in [0.5, 0.6) is 0 Å². The number of rotatable bonds is 8. The lowest BCUT2D eigenvalue weighted by Gasteiger charge is -2.44. The van der Waals surface area contributed by atoms with Crippen molar-refractivity contribution in [2.24, 2.45) is 0 Å². The van der Waals surface area contributed by atoms with E-state index in [0.29, 0.717) is 0 Å². The molecule has 2 N–H and O–H groups in total. The molecule has 27 heavy (non-hydrogen) atoms. The zero-order valence-corrected chi connectivity index (χ0v) is 16.2. The average Bonchev–Trinajstić information content (AvgIpc) is 2.60. The first kappa shape index (κ1) is 21.7. The Morgan fingerprint density at radius 1 is 1.30 bits per heavy atom. The maximum absolute atomic E-state index is 11.6. The third-order valence-corrected chi connectivity index (χ3v) is 4.57. The van der Waals surface area contributed by atoms with Gasteiger partial charge in [0, 0.05) is 14.0 Å². The molecule has 1 aliphatic heterocycles. The second-order valence-electron chi connectivity index (χ2n) is 6.25. The van der Waals surface area contributed by atoms with Crippen molar-refractivity contribution in [3.63, 3.8) is 0 Å². The molecule has 0 aliphatic carbocycles. The van der Waals surface area contributed by atoms with E-state index < -0.39 is 47.4 Å². The van der Waals surface area contributed by atoms with Crippen molar-refractivity contribution in [3.05, 3.63) is 35.9 Å². The number of amides is 1. The van der Waals surface area contributed by atoms with Gasteiger partial charge in [-0.1, -0.05) is 30.3 Å². The van der Waals surface area contributed by atoms with Crippen LogP contribution in [0.4, 0.5) is 0 Å². The number of benzene rings is 1. The fraction of sp³-hybridized carbons (Fsp3) is 0.588. The third kappa shape index (κ3) is 6.52. The van der Waals surface area contributed by atoms with Crippen LogP contribution in [0.15, 0.2) is 30.3 Å². The van der Waals surface area contributed by atoms with Gasteiger partial charge in [0.25, 0.3) is 10.1 Å². The molecular weight excluding hydrogens is 378 g/mol. The molecule has 9 nitrogen and oxygen atoms in total. The topological polar surface area (TPSA) is 120 Å². The van der Waals surface area contributed by atoms with Crippen molar-refractivity contribution in [1.82, 2.24) is 5.32 Å². The van der Waals surface area contributed by atoms with Crippen LogP contribution in [-0.2, 0) is 39.9 Å². The van der Waals surface area contributed by atoms with E-state index in [4.69, 9.17) is 18.4 Å². The van der Waals surface area contributed by atoms with Gasteiger partial charge in [0.1, 0.15) is 24.4 Å². The van der Waals surface area contributed by atoms with E-state index in [1.54, 1.807) is 0 Å². The van der Waals surface area contributed by atoms with Crippen LogP contribution in [0, 0.1) is 0 Å². The molecule has 152 valence electrons. The van der Waals surface area contributed by atoms with Crippen molar-refractivity contribution in [1.29, 1.82) is 0 Å². The molecular formula is C17H25NO8S. The highest BCUT2D eigenvalue weighted by atomic mass is 32.2. The summed E-state index contributed by atoms with van der Waals surface area (Å²) in [5.41, 5.74) is 0.871. The first-order chi connectivity index (χ1) is 12.7. The average molecular weight is 403 g/mol. The Morgan fingerprint density at radius 3 is 2.52 bits per heavy atom. The number of aliphatic hydroxyl groups excluding tert-OH is 1. The molecule has 5 atom stereocenters. The van der Waals surface area contributed by atoms with Crippen LogP contribution in [-0.4, -0.2) is 70.0 Å². The number of hydrogen-bond acceptors (Lipinski definition) is 8. The second-order valence-corrected chi connectivity index (χ2v) is 7.89. The summed E-state index contributed by atoms with van der Waals surface area (Å²) in [5.74, 6) is -0.350. The summed E-state index contributed by atoms with van der Waals surface area (Å²) < 4.78 is 44.0. The lowest BCUT2D eigenvalue weighted by Crippen LogP contribution is -2.65. The number of aliphatic hydroxyl groups is 1. The van der Waals surface area contributed by atoms with E-state index in [0.717, 1.165) is 11.8 Å². The smallest absolute Gasteiger partial charge is 0.264 e. The molecule has 1 saturated heterocycles. The number of ether oxygens (including phenoxy) is 3. The molecule has 0 radical (unpaired) electrons. The molecule has 1 aromatic rings. The fourth-order valence-corrected chi connectivity index (χ4v) is 3.18. The van der Waals surface area contributed by atoms with Crippen LogP contribution < -0.4 is 5.32 Å². The molecule has 0 unspecified atom stereocenters. The molecule has 1 amide bonds. The molecule has 0 spiro atoms. The Labute approximate surface area is 158 Å². The maximum Gasteiger partial charge on any atom is 0.264 e. The number of carbonyl (C=O) groups is 1. The first-order valence-corrected chi connectivity index (χ1v) is 10.2. The second kappa shape index (κ2) is 9.58. The number of hydrogen-bond donors (Lipinski definition) is 2. The van der Waals surface area contributed by atoms with Crippen molar-refractivity contribution in [2.75, 3.05) is 20.0 Å². The van der Waals surface area contributed by atoms with Gasteiger partial charge in [0.15, 0.2) is 6.29 Å². The lowest BCUT2D eigenvalue weighted by molar-refractivity contribution is -0.270. The van der Waals surface area contributed by atoms with Crippen LogP contribution >= 0.6 is 0 Å². The van der Waals surface area contributed by atoms with Gasteiger partial charge in [-0.3, -0.25) is 8.98 Å². The van der Waals surface area contributed by atoms with Gasteiger partial charge < -0.3 is 24.6 Å². The Hall–Kier alpha value is -1.56. The van der Waals surface area contributed by atoms with Gasteiger partial charge in [0.2, 0.25) is 5.91 Å². The summed E-state index contributed by atoms with van der Waals surface area (Å²) in [4.78, 5) is 11.6. The Bertz CT molecular complexity index is 711. The van der Waals surface area contributed by atoms with Crippen LogP contribution in [0.2, 0.25) is 0 Å². The van der Waals surface area contributed by atoms with Crippen molar-refractivity contribution >= 4 is 16.0 Å². The summed E-state index contributed by atoms with van der Waals surface area (Å²) in [6.07, 6.45) is -3.22. The minimum atomic E-state index is -3.72. The molecule has 2 rings (SSSR count). The minimum absolute atomic E-state index is 0.175. The van der Waals surface area contributed by atoms with E-state index in [2.05, 4.69) is 5.32 Å². The van der Waals surface area contributed by atoms with Gasteiger partial charge in [-0.15, -0.1) is 0 Å². The van der Waals surface area contributed by atoms with E-state index in [9.17, 15) is 18.3 Å². The third-order valence-electron chi connectivity index (χ3n) is 4.01. The quantitative estimate of drug-likeness (QED) is 0.572. The molecule has 1 fully saturated rings. The monoisotopic (exact) mass is 403 g/mol. The van der Waals surface area contributed by atoms with Crippen molar-refractivity contribution in [2.45, 2.75) is 44.2 Å². The Balaban J connectivity index is 2.18. The molecule has 10 heteroatoms. The maximum atomic E-state index is 11.6. The molecule has 0 aromatic heterocycles. The summed E-state index contributed by atoms with van der Waals surface area (Å²) in [7, 11) is -2.34. The van der Waals surface area contributed by atoms with Gasteiger partial charge in [-0.05, 0) is 5.56 Å².